The third-order valence-electron chi connectivity index (χ3n) is 5.45. The van der Waals surface area contributed by atoms with Crippen LogP contribution in [0.1, 0.15) is 43.7 Å². The normalized spacial score (nSPS) is 28.5. The van der Waals surface area contributed by atoms with Gasteiger partial charge >= 0.3 is 0 Å². The van der Waals surface area contributed by atoms with E-state index < -0.39 is 0 Å². The maximum Gasteiger partial charge on any atom is 0.0295 e. The SMILES string of the molecule is CN1C2CCC1CN(CCCC(N)c1ccccc1)CC2. The van der Waals surface area contributed by atoms with Gasteiger partial charge in [-0.2, -0.15) is 0 Å². The van der Waals surface area contributed by atoms with Crippen LogP contribution in [0.15, 0.2) is 30.3 Å². The molecule has 21 heavy (non-hydrogen) atoms. The summed E-state index contributed by atoms with van der Waals surface area (Å²) in [6, 6.07) is 12.3. The standard InChI is InChI=1S/C18H29N3/c1-20-16-9-10-17(20)14-21(13-11-16)12-5-8-18(19)15-6-3-2-4-7-15/h2-4,6-7,16-18H,5,8-14,19H2,1H3. The van der Waals surface area contributed by atoms with E-state index in [1.807, 2.05) is 0 Å². The molecule has 0 saturated carbocycles. The smallest absolute Gasteiger partial charge is 0.0295 e. The van der Waals surface area contributed by atoms with Gasteiger partial charge < -0.3 is 10.6 Å². The van der Waals surface area contributed by atoms with Crippen LogP contribution in [0.4, 0.5) is 0 Å². The minimum Gasteiger partial charge on any atom is -0.324 e. The van der Waals surface area contributed by atoms with Gasteiger partial charge in [0.2, 0.25) is 0 Å². The summed E-state index contributed by atoms with van der Waals surface area (Å²) >= 11 is 0. The Bertz CT molecular complexity index is 433. The zero-order valence-electron chi connectivity index (χ0n) is 13.2. The van der Waals surface area contributed by atoms with E-state index in [1.165, 1.54) is 50.9 Å². The van der Waals surface area contributed by atoms with Crippen LogP contribution in [0.5, 0.6) is 0 Å². The zero-order valence-corrected chi connectivity index (χ0v) is 13.2. The molecule has 2 aliphatic rings. The molecule has 3 nitrogen and oxygen atoms in total. The molecule has 0 amide bonds. The topological polar surface area (TPSA) is 32.5 Å². The summed E-state index contributed by atoms with van der Waals surface area (Å²) in [7, 11) is 2.32. The van der Waals surface area contributed by atoms with Crippen molar-refractivity contribution in [3.8, 4) is 0 Å². The monoisotopic (exact) mass is 287 g/mol. The quantitative estimate of drug-likeness (QED) is 0.903. The number of nitrogens with zero attached hydrogens (tertiary/aromatic N) is 2. The van der Waals surface area contributed by atoms with E-state index in [9.17, 15) is 0 Å². The molecular formula is C18H29N3. The van der Waals surface area contributed by atoms with Crippen LogP contribution < -0.4 is 5.73 Å². The Morgan fingerprint density at radius 3 is 2.71 bits per heavy atom. The highest BCUT2D eigenvalue weighted by atomic mass is 15.3. The molecule has 0 radical (unpaired) electrons. The fourth-order valence-corrected chi connectivity index (χ4v) is 3.98. The second-order valence-electron chi connectivity index (χ2n) is 6.80. The van der Waals surface area contributed by atoms with Crippen molar-refractivity contribution in [2.75, 3.05) is 26.7 Å². The number of likely N-dealkylation sites (N-methyl/N-ethyl adjacent to an activating group) is 1. The molecule has 1 aromatic carbocycles. The van der Waals surface area contributed by atoms with Gasteiger partial charge in [0.25, 0.3) is 0 Å². The summed E-state index contributed by atoms with van der Waals surface area (Å²) in [5, 5.41) is 0. The average Bonchev–Trinajstić information content (AvgIpc) is 2.75. The minimum absolute atomic E-state index is 0.192. The summed E-state index contributed by atoms with van der Waals surface area (Å²) < 4.78 is 0. The Labute approximate surface area is 129 Å². The number of benzene rings is 1. The molecule has 2 heterocycles. The van der Waals surface area contributed by atoms with Gasteiger partial charge in [0.05, 0.1) is 0 Å². The number of fused-ring (bicyclic) bond motifs is 2. The molecule has 1 aromatic rings. The number of hydrogen-bond acceptors (Lipinski definition) is 3. The van der Waals surface area contributed by atoms with Crippen molar-refractivity contribution in [2.24, 2.45) is 5.73 Å². The first-order valence-electron chi connectivity index (χ1n) is 8.49. The maximum absolute atomic E-state index is 6.30. The summed E-state index contributed by atoms with van der Waals surface area (Å²) in [5.41, 5.74) is 7.57. The van der Waals surface area contributed by atoms with Gasteiger partial charge in [-0.05, 0) is 57.8 Å². The highest BCUT2D eigenvalue weighted by Gasteiger charge is 2.34. The first kappa shape index (κ1) is 15.0. The number of likely N-dealkylation sites (tertiary alicyclic amines) is 1. The first-order valence-corrected chi connectivity index (χ1v) is 8.49. The minimum atomic E-state index is 0.192. The summed E-state index contributed by atoms with van der Waals surface area (Å²) in [4.78, 5) is 5.29. The van der Waals surface area contributed by atoms with Crippen molar-refractivity contribution < 1.29 is 0 Å². The van der Waals surface area contributed by atoms with Crippen molar-refractivity contribution in [1.29, 1.82) is 0 Å². The van der Waals surface area contributed by atoms with Crippen molar-refractivity contribution in [3.63, 3.8) is 0 Å². The van der Waals surface area contributed by atoms with Gasteiger partial charge in [-0.1, -0.05) is 30.3 Å². The van der Waals surface area contributed by atoms with E-state index in [0.29, 0.717) is 0 Å². The van der Waals surface area contributed by atoms with E-state index in [-0.39, 0.29) is 6.04 Å². The van der Waals surface area contributed by atoms with Crippen LogP contribution in [-0.2, 0) is 0 Å². The lowest BCUT2D eigenvalue weighted by atomic mass is 10.0. The van der Waals surface area contributed by atoms with Crippen LogP contribution in [0.2, 0.25) is 0 Å². The van der Waals surface area contributed by atoms with Gasteiger partial charge in [-0.15, -0.1) is 0 Å². The predicted octanol–water partition coefficient (Wildman–Crippen LogP) is 2.64. The van der Waals surface area contributed by atoms with Crippen molar-refractivity contribution >= 4 is 0 Å². The van der Waals surface area contributed by atoms with Crippen LogP contribution in [0, 0.1) is 0 Å². The predicted molar refractivity (Wildman–Crippen MR) is 88.2 cm³/mol. The third kappa shape index (κ3) is 3.65. The lowest BCUT2D eigenvalue weighted by Crippen LogP contribution is -2.37. The largest absolute Gasteiger partial charge is 0.324 e. The Morgan fingerprint density at radius 1 is 1.14 bits per heavy atom. The summed E-state index contributed by atoms with van der Waals surface area (Å²) in [5.74, 6) is 0. The van der Waals surface area contributed by atoms with Crippen LogP contribution in [0.25, 0.3) is 0 Å². The highest BCUT2D eigenvalue weighted by molar-refractivity contribution is 5.18. The molecule has 2 fully saturated rings. The molecular weight excluding hydrogens is 258 g/mol. The fourth-order valence-electron chi connectivity index (χ4n) is 3.98. The molecule has 3 atom stereocenters. The number of rotatable bonds is 5. The van der Waals surface area contributed by atoms with Crippen molar-refractivity contribution in [3.05, 3.63) is 35.9 Å². The molecule has 2 N–H and O–H groups in total. The molecule has 2 saturated heterocycles. The Balaban J connectivity index is 1.43. The van der Waals surface area contributed by atoms with Gasteiger partial charge in [0.15, 0.2) is 0 Å². The van der Waals surface area contributed by atoms with Gasteiger partial charge in [0, 0.05) is 24.7 Å². The van der Waals surface area contributed by atoms with E-state index >= 15 is 0 Å². The second-order valence-corrected chi connectivity index (χ2v) is 6.80. The van der Waals surface area contributed by atoms with E-state index in [4.69, 9.17) is 5.73 Å². The lowest BCUT2D eigenvalue weighted by Gasteiger charge is -2.26. The molecule has 2 aliphatic heterocycles. The first-order chi connectivity index (χ1) is 10.2. The third-order valence-corrected chi connectivity index (χ3v) is 5.45. The zero-order chi connectivity index (χ0) is 14.7. The van der Waals surface area contributed by atoms with Gasteiger partial charge in [-0.25, -0.2) is 0 Å². The Morgan fingerprint density at radius 2 is 1.90 bits per heavy atom. The van der Waals surface area contributed by atoms with E-state index in [1.54, 1.807) is 0 Å². The molecule has 116 valence electrons. The summed E-state index contributed by atoms with van der Waals surface area (Å²) in [6.07, 6.45) is 6.44. The summed E-state index contributed by atoms with van der Waals surface area (Å²) in [6.45, 7) is 3.73. The van der Waals surface area contributed by atoms with Crippen LogP contribution in [0.3, 0.4) is 0 Å². The average molecular weight is 287 g/mol. The molecule has 3 heteroatoms. The molecule has 3 unspecified atom stereocenters. The van der Waals surface area contributed by atoms with Crippen LogP contribution >= 0.6 is 0 Å². The van der Waals surface area contributed by atoms with Crippen LogP contribution in [-0.4, -0.2) is 48.6 Å². The molecule has 2 bridgehead atoms. The molecule has 0 aromatic heterocycles. The van der Waals surface area contributed by atoms with Crippen molar-refractivity contribution in [2.45, 2.75) is 50.2 Å². The van der Waals surface area contributed by atoms with Gasteiger partial charge in [-0.3, -0.25) is 4.90 Å². The van der Waals surface area contributed by atoms with E-state index in [2.05, 4.69) is 47.2 Å². The number of nitrogens with two attached hydrogens (primary N) is 1. The Hall–Kier alpha value is -0.900. The molecule has 0 spiro atoms. The Kier molecular flexibility index (Phi) is 4.94. The van der Waals surface area contributed by atoms with E-state index in [0.717, 1.165) is 18.5 Å². The highest BCUT2D eigenvalue weighted by Crippen LogP contribution is 2.28. The second kappa shape index (κ2) is 6.91. The number of hydrogen-bond donors (Lipinski definition) is 1. The molecule has 0 aliphatic carbocycles. The molecule has 3 rings (SSSR count). The fraction of sp³-hybridized carbons (Fsp3) is 0.667. The van der Waals surface area contributed by atoms with Gasteiger partial charge in [0.1, 0.15) is 0 Å². The lowest BCUT2D eigenvalue weighted by molar-refractivity contribution is 0.216. The maximum atomic E-state index is 6.30. The van der Waals surface area contributed by atoms with Crippen molar-refractivity contribution in [1.82, 2.24) is 9.80 Å².